The number of furan rings is 1. The van der Waals surface area contributed by atoms with Crippen LogP contribution in [0.2, 0.25) is 0 Å². The highest BCUT2D eigenvalue weighted by Gasteiger charge is 2.22. The quantitative estimate of drug-likeness (QED) is 0.692. The molecule has 0 aliphatic heterocycles. The van der Waals surface area contributed by atoms with Crippen molar-refractivity contribution < 1.29 is 13.9 Å². The summed E-state index contributed by atoms with van der Waals surface area (Å²) < 4.78 is 10.7. The van der Waals surface area contributed by atoms with E-state index >= 15 is 0 Å². The second-order valence-corrected chi connectivity index (χ2v) is 6.66. The van der Waals surface area contributed by atoms with Crippen molar-refractivity contribution in [1.29, 1.82) is 0 Å². The summed E-state index contributed by atoms with van der Waals surface area (Å²) in [5.41, 5.74) is 2.35. The van der Waals surface area contributed by atoms with Crippen LogP contribution in [0.1, 0.15) is 30.7 Å². The minimum absolute atomic E-state index is 0.0257. The van der Waals surface area contributed by atoms with E-state index in [2.05, 4.69) is 43.4 Å². The molecule has 0 bridgehead atoms. The lowest BCUT2D eigenvalue weighted by Crippen LogP contribution is -2.28. The van der Waals surface area contributed by atoms with Gasteiger partial charge in [0.05, 0.1) is 12.8 Å². The average molecular weight is 349 g/mol. The van der Waals surface area contributed by atoms with Crippen LogP contribution in [0.5, 0.6) is 5.75 Å². The molecule has 1 amide bonds. The standard InChI is InChI=1S/C22H23NO3/c1-22(2,17-7-4-3-5-8-17)18-10-12-19(13-11-18)26-16-21(24)23-15-20-9-6-14-25-20/h3-14H,15-16H2,1-2H3,(H,23,24). The summed E-state index contributed by atoms with van der Waals surface area (Å²) in [6, 6.07) is 21.9. The number of carbonyl (C=O) groups is 1. The molecule has 0 aliphatic rings. The molecule has 134 valence electrons. The predicted molar refractivity (Wildman–Crippen MR) is 101 cm³/mol. The van der Waals surface area contributed by atoms with Crippen LogP contribution < -0.4 is 10.1 Å². The molecule has 1 aromatic heterocycles. The third kappa shape index (κ3) is 4.33. The Morgan fingerprint density at radius 2 is 1.65 bits per heavy atom. The van der Waals surface area contributed by atoms with Gasteiger partial charge in [-0.15, -0.1) is 0 Å². The smallest absolute Gasteiger partial charge is 0.258 e. The fourth-order valence-electron chi connectivity index (χ4n) is 2.79. The normalized spacial score (nSPS) is 11.2. The Balaban J connectivity index is 1.55. The Kier molecular flexibility index (Phi) is 5.42. The maximum atomic E-state index is 11.8. The fourth-order valence-corrected chi connectivity index (χ4v) is 2.79. The van der Waals surface area contributed by atoms with E-state index in [0.29, 0.717) is 18.1 Å². The van der Waals surface area contributed by atoms with Gasteiger partial charge in [0.2, 0.25) is 0 Å². The number of amides is 1. The third-order valence-electron chi connectivity index (χ3n) is 4.48. The van der Waals surface area contributed by atoms with Gasteiger partial charge in [-0.2, -0.15) is 0 Å². The van der Waals surface area contributed by atoms with Crippen molar-refractivity contribution in [3.63, 3.8) is 0 Å². The van der Waals surface area contributed by atoms with Gasteiger partial charge in [0.25, 0.3) is 5.91 Å². The molecule has 0 aliphatic carbocycles. The van der Waals surface area contributed by atoms with E-state index in [1.807, 2.05) is 36.4 Å². The lowest BCUT2D eigenvalue weighted by molar-refractivity contribution is -0.123. The van der Waals surface area contributed by atoms with Crippen molar-refractivity contribution in [3.05, 3.63) is 89.9 Å². The number of hydrogen-bond acceptors (Lipinski definition) is 3. The van der Waals surface area contributed by atoms with Crippen LogP contribution in [0.25, 0.3) is 0 Å². The number of hydrogen-bond donors (Lipinski definition) is 1. The largest absolute Gasteiger partial charge is 0.484 e. The first kappa shape index (κ1) is 17.8. The number of carbonyl (C=O) groups excluding carboxylic acids is 1. The van der Waals surface area contributed by atoms with Gasteiger partial charge in [0.1, 0.15) is 11.5 Å². The van der Waals surface area contributed by atoms with Crippen LogP contribution in [-0.4, -0.2) is 12.5 Å². The highest BCUT2D eigenvalue weighted by atomic mass is 16.5. The van der Waals surface area contributed by atoms with Gasteiger partial charge in [-0.3, -0.25) is 4.79 Å². The second-order valence-electron chi connectivity index (χ2n) is 6.66. The van der Waals surface area contributed by atoms with Crippen LogP contribution in [-0.2, 0) is 16.8 Å². The Hall–Kier alpha value is -3.01. The summed E-state index contributed by atoms with van der Waals surface area (Å²) in [6.45, 7) is 4.72. The van der Waals surface area contributed by atoms with Crippen LogP contribution >= 0.6 is 0 Å². The zero-order chi connectivity index (χ0) is 18.4. The van der Waals surface area contributed by atoms with Crippen LogP contribution in [0.4, 0.5) is 0 Å². The van der Waals surface area contributed by atoms with Gasteiger partial charge in [-0.05, 0) is 35.4 Å². The molecule has 0 fully saturated rings. The molecule has 2 aromatic carbocycles. The molecule has 0 saturated carbocycles. The van der Waals surface area contributed by atoms with Crippen LogP contribution in [0.3, 0.4) is 0 Å². The molecule has 3 rings (SSSR count). The van der Waals surface area contributed by atoms with E-state index in [0.717, 1.165) is 0 Å². The highest BCUT2D eigenvalue weighted by molar-refractivity contribution is 5.77. The minimum Gasteiger partial charge on any atom is -0.484 e. The van der Waals surface area contributed by atoms with E-state index in [4.69, 9.17) is 9.15 Å². The van der Waals surface area contributed by atoms with Crippen LogP contribution in [0.15, 0.2) is 77.4 Å². The van der Waals surface area contributed by atoms with Crippen molar-refractivity contribution >= 4 is 5.91 Å². The number of nitrogens with one attached hydrogen (secondary N) is 1. The molecule has 4 heteroatoms. The Bertz CT molecular complexity index is 822. The summed E-state index contributed by atoms with van der Waals surface area (Å²) in [5.74, 6) is 1.20. The lowest BCUT2D eigenvalue weighted by Gasteiger charge is -2.26. The van der Waals surface area contributed by atoms with E-state index in [1.165, 1.54) is 11.1 Å². The first-order chi connectivity index (χ1) is 12.6. The average Bonchev–Trinajstić information content (AvgIpc) is 3.19. The first-order valence-corrected chi connectivity index (χ1v) is 8.63. The summed E-state index contributed by atoms with van der Waals surface area (Å²) in [5, 5.41) is 2.75. The molecular formula is C22H23NO3. The predicted octanol–water partition coefficient (Wildman–Crippen LogP) is 4.30. The summed E-state index contributed by atoms with van der Waals surface area (Å²) in [6.07, 6.45) is 1.58. The lowest BCUT2D eigenvalue weighted by atomic mass is 9.78. The SMILES string of the molecule is CC(C)(c1ccccc1)c1ccc(OCC(=O)NCc2ccco2)cc1. The molecule has 1 heterocycles. The fraction of sp³-hybridized carbons (Fsp3) is 0.227. The van der Waals surface area contributed by atoms with Gasteiger partial charge in [-0.25, -0.2) is 0 Å². The zero-order valence-corrected chi connectivity index (χ0v) is 15.1. The topological polar surface area (TPSA) is 51.5 Å². The van der Waals surface area contributed by atoms with E-state index in [-0.39, 0.29) is 17.9 Å². The number of ether oxygens (including phenoxy) is 1. The Morgan fingerprint density at radius 1 is 0.962 bits per heavy atom. The molecule has 0 saturated heterocycles. The summed E-state index contributed by atoms with van der Waals surface area (Å²) in [7, 11) is 0. The third-order valence-corrected chi connectivity index (χ3v) is 4.48. The van der Waals surface area contributed by atoms with E-state index < -0.39 is 0 Å². The van der Waals surface area contributed by atoms with Crippen molar-refractivity contribution in [3.8, 4) is 5.75 Å². The Labute approximate surface area is 153 Å². The van der Waals surface area contributed by atoms with Gasteiger partial charge in [0, 0.05) is 5.41 Å². The molecule has 0 radical (unpaired) electrons. The molecule has 0 atom stereocenters. The first-order valence-electron chi connectivity index (χ1n) is 8.63. The van der Waals surface area contributed by atoms with Crippen molar-refractivity contribution in [2.24, 2.45) is 0 Å². The van der Waals surface area contributed by atoms with Gasteiger partial charge in [-0.1, -0.05) is 56.3 Å². The highest BCUT2D eigenvalue weighted by Crippen LogP contribution is 2.32. The van der Waals surface area contributed by atoms with Gasteiger partial charge < -0.3 is 14.5 Å². The minimum atomic E-state index is -0.185. The maximum Gasteiger partial charge on any atom is 0.258 e. The number of rotatable bonds is 7. The van der Waals surface area contributed by atoms with Crippen molar-refractivity contribution in [2.45, 2.75) is 25.8 Å². The second kappa shape index (κ2) is 7.91. The van der Waals surface area contributed by atoms with Crippen molar-refractivity contribution in [1.82, 2.24) is 5.32 Å². The molecule has 3 aromatic rings. The zero-order valence-electron chi connectivity index (χ0n) is 15.1. The molecule has 26 heavy (non-hydrogen) atoms. The number of benzene rings is 2. The molecule has 0 unspecified atom stereocenters. The molecule has 1 N–H and O–H groups in total. The monoisotopic (exact) mass is 349 g/mol. The Morgan fingerprint density at radius 3 is 2.31 bits per heavy atom. The molecular weight excluding hydrogens is 326 g/mol. The van der Waals surface area contributed by atoms with Gasteiger partial charge in [0.15, 0.2) is 6.61 Å². The molecule has 0 spiro atoms. The van der Waals surface area contributed by atoms with Crippen LogP contribution in [0, 0.1) is 0 Å². The maximum absolute atomic E-state index is 11.8. The van der Waals surface area contributed by atoms with E-state index in [9.17, 15) is 4.79 Å². The van der Waals surface area contributed by atoms with Gasteiger partial charge >= 0.3 is 0 Å². The summed E-state index contributed by atoms with van der Waals surface area (Å²) in [4.78, 5) is 11.8. The summed E-state index contributed by atoms with van der Waals surface area (Å²) >= 11 is 0. The molecule has 4 nitrogen and oxygen atoms in total. The van der Waals surface area contributed by atoms with E-state index in [1.54, 1.807) is 12.3 Å². The van der Waals surface area contributed by atoms with Crippen molar-refractivity contribution in [2.75, 3.05) is 6.61 Å².